The van der Waals surface area contributed by atoms with Crippen LogP contribution in [0.2, 0.25) is 0 Å². The number of aryl methyl sites for hydroxylation is 1. The van der Waals surface area contributed by atoms with Crippen LogP contribution in [0.15, 0.2) is 29.4 Å². The van der Waals surface area contributed by atoms with E-state index in [2.05, 4.69) is 50.7 Å². The molecule has 0 aliphatic carbocycles. The van der Waals surface area contributed by atoms with E-state index >= 15 is 0 Å². The lowest BCUT2D eigenvalue weighted by Gasteiger charge is -2.07. The maximum atomic E-state index is 3.73. The van der Waals surface area contributed by atoms with Gasteiger partial charge < -0.3 is 0 Å². The van der Waals surface area contributed by atoms with Gasteiger partial charge in [-0.2, -0.15) is 0 Å². The molecule has 0 aliphatic rings. The monoisotopic (exact) mass is 201 g/mol. The van der Waals surface area contributed by atoms with E-state index in [4.69, 9.17) is 0 Å². The molecule has 0 aliphatic heterocycles. The van der Waals surface area contributed by atoms with Gasteiger partial charge in [-0.25, -0.2) is 0 Å². The summed E-state index contributed by atoms with van der Waals surface area (Å²) in [6.07, 6.45) is 4.87. The molecule has 0 aromatic heterocycles. The van der Waals surface area contributed by atoms with Crippen molar-refractivity contribution in [3.8, 4) is 0 Å². The summed E-state index contributed by atoms with van der Waals surface area (Å²) in [5.41, 5.74) is 3.90. The summed E-state index contributed by atoms with van der Waals surface area (Å²) < 4.78 is 0. The lowest BCUT2D eigenvalue weighted by molar-refractivity contribution is 0.647. The first-order valence-corrected chi connectivity index (χ1v) is 5.35. The lowest BCUT2D eigenvalue weighted by atomic mass is 9.98. The second kappa shape index (κ2) is 5.50. The average Bonchev–Trinajstić information content (AvgIpc) is 2.18. The first kappa shape index (κ1) is 11.7. The van der Waals surface area contributed by atoms with Gasteiger partial charge in [-0.15, -0.1) is 0 Å². The third kappa shape index (κ3) is 3.70. The minimum atomic E-state index is 0.696. The SMILES string of the molecule is C=N/C=C\c1cc(CC(C)C)ccc1C. The molecule has 0 N–H and O–H groups in total. The van der Waals surface area contributed by atoms with E-state index in [-0.39, 0.29) is 0 Å². The molecule has 0 saturated heterocycles. The molecule has 15 heavy (non-hydrogen) atoms. The van der Waals surface area contributed by atoms with Gasteiger partial charge in [0.1, 0.15) is 0 Å². The molecule has 0 heterocycles. The van der Waals surface area contributed by atoms with Crippen molar-refractivity contribution in [2.24, 2.45) is 10.9 Å². The Labute approximate surface area is 92.6 Å². The lowest BCUT2D eigenvalue weighted by Crippen LogP contribution is -1.95. The predicted octanol–water partition coefficient (Wildman–Crippen LogP) is 3.86. The summed E-state index contributed by atoms with van der Waals surface area (Å²) in [5, 5.41) is 0. The molecule has 80 valence electrons. The van der Waals surface area contributed by atoms with Gasteiger partial charge in [0.2, 0.25) is 0 Å². The normalized spacial score (nSPS) is 11.2. The quantitative estimate of drug-likeness (QED) is 0.656. The molecule has 1 aromatic carbocycles. The highest BCUT2D eigenvalue weighted by molar-refractivity contribution is 5.55. The molecular weight excluding hydrogens is 182 g/mol. The first-order chi connectivity index (χ1) is 7.13. The van der Waals surface area contributed by atoms with Crippen LogP contribution in [-0.4, -0.2) is 6.72 Å². The molecule has 0 unspecified atom stereocenters. The minimum absolute atomic E-state index is 0.696. The van der Waals surface area contributed by atoms with Crippen LogP contribution >= 0.6 is 0 Å². The third-order valence-corrected chi connectivity index (χ3v) is 2.35. The zero-order chi connectivity index (χ0) is 11.3. The molecule has 0 fully saturated rings. The van der Waals surface area contributed by atoms with E-state index in [1.54, 1.807) is 6.20 Å². The second-order valence-corrected chi connectivity index (χ2v) is 4.29. The van der Waals surface area contributed by atoms with Crippen LogP contribution in [-0.2, 0) is 6.42 Å². The molecule has 0 atom stereocenters. The predicted molar refractivity (Wildman–Crippen MR) is 68.3 cm³/mol. The van der Waals surface area contributed by atoms with Gasteiger partial charge in [0.25, 0.3) is 0 Å². The van der Waals surface area contributed by atoms with Crippen molar-refractivity contribution in [1.82, 2.24) is 0 Å². The van der Waals surface area contributed by atoms with E-state index < -0.39 is 0 Å². The summed E-state index contributed by atoms with van der Waals surface area (Å²) in [5.74, 6) is 0.696. The summed E-state index contributed by atoms with van der Waals surface area (Å²) in [4.78, 5) is 3.73. The van der Waals surface area contributed by atoms with Gasteiger partial charge >= 0.3 is 0 Å². The molecule has 1 aromatic rings. The van der Waals surface area contributed by atoms with Crippen LogP contribution in [0.1, 0.15) is 30.5 Å². The number of rotatable bonds is 4. The Morgan fingerprint density at radius 1 is 1.40 bits per heavy atom. The summed E-state index contributed by atoms with van der Waals surface area (Å²) in [6, 6.07) is 6.60. The van der Waals surface area contributed by atoms with Crippen LogP contribution in [0.3, 0.4) is 0 Å². The molecule has 1 heteroatoms. The first-order valence-electron chi connectivity index (χ1n) is 5.35. The van der Waals surface area contributed by atoms with Gasteiger partial charge in [-0.3, -0.25) is 4.99 Å². The zero-order valence-corrected chi connectivity index (χ0v) is 9.83. The largest absolute Gasteiger partial charge is 0.272 e. The minimum Gasteiger partial charge on any atom is -0.272 e. The van der Waals surface area contributed by atoms with Crippen LogP contribution in [0.25, 0.3) is 6.08 Å². The fourth-order valence-corrected chi connectivity index (χ4v) is 1.60. The Kier molecular flexibility index (Phi) is 4.29. The highest BCUT2D eigenvalue weighted by atomic mass is 14.6. The summed E-state index contributed by atoms with van der Waals surface area (Å²) in [6.45, 7) is 10.0. The third-order valence-electron chi connectivity index (χ3n) is 2.35. The fourth-order valence-electron chi connectivity index (χ4n) is 1.60. The van der Waals surface area contributed by atoms with Crippen molar-refractivity contribution in [2.45, 2.75) is 27.2 Å². The molecule has 0 amide bonds. The number of hydrogen-bond acceptors (Lipinski definition) is 1. The maximum Gasteiger partial charge on any atom is 0.0266 e. The van der Waals surface area contributed by atoms with Gasteiger partial charge in [0.05, 0.1) is 0 Å². The summed E-state index contributed by atoms with van der Waals surface area (Å²) in [7, 11) is 0. The van der Waals surface area contributed by atoms with Crippen molar-refractivity contribution in [1.29, 1.82) is 0 Å². The Morgan fingerprint density at radius 3 is 2.73 bits per heavy atom. The molecular formula is C14H19N. The Balaban J connectivity index is 2.94. The van der Waals surface area contributed by atoms with Crippen molar-refractivity contribution < 1.29 is 0 Å². The fraction of sp³-hybridized carbons (Fsp3) is 0.357. The average molecular weight is 201 g/mol. The highest BCUT2D eigenvalue weighted by Gasteiger charge is 2.00. The molecule has 0 bridgehead atoms. The maximum absolute atomic E-state index is 3.73. The Bertz CT molecular complexity index is 362. The molecule has 0 spiro atoms. The van der Waals surface area contributed by atoms with Crippen LogP contribution in [0.5, 0.6) is 0 Å². The summed E-state index contributed by atoms with van der Waals surface area (Å²) >= 11 is 0. The van der Waals surface area contributed by atoms with E-state index in [1.165, 1.54) is 16.7 Å². The van der Waals surface area contributed by atoms with Crippen LogP contribution in [0, 0.1) is 12.8 Å². The molecule has 1 rings (SSSR count). The van der Waals surface area contributed by atoms with Crippen molar-refractivity contribution in [3.63, 3.8) is 0 Å². The second-order valence-electron chi connectivity index (χ2n) is 4.29. The smallest absolute Gasteiger partial charge is 0.0266 e. The van der Waals surface area contributed by atoms with Crippen molar-refractivity contribution in [2.75, 3.05) is 0 Å². The highest BCUT2D eigenvalue weighted by Crippen LogP contribution is 2.15. The van der Waals surface area contributed by atoms with E-state index in [0.717, 1.165) is 6.42 Å². The number of aliphatic imine (C=N–C) groups is 1. The topological polar surface area (TPSA) is 12.4 Å². The molecule has 1 nitrogen and oxygen atoms in total. The standard InChI is InChI=1S/C14H19N/c1-11(2)9-13-6-5-12(3)14(10-13)7-8-15-4/h5-8,10-11H,4,9H2,1-3H3/b8-7-. The number of benzene rings is 1. The van der Waals surface area contributed by atoms with E-state index in [9.17, 15) is 0 Å². The van der Waals surface area contributed by atoms with Gasteiger partial charge in [-0.1, -0.05) is 32.0 Å². The van der Waals surface area contributed by atoms with Crippen LogP contribution in [0.4, 0.5) is 0 Å². The van der Waals surface area contributed by atoms with Gasteiger partial charge in [-0.05, 0) is 48.7 Å². The van der Waals surface area contributed by atoms with E-state index in [1.807, 2.05) is 6.08 Å². The molecule has 0 radical (unpaired) electrons. The van der Waals surface area contributed by atoms with Gasteiger partial charge in [0.15, 0.2) is 0 Å². The Hall–Kier alpha value is -1.37. The van der Waals surface area contributed by atoms with Crippen LogP contribution < -0.4 is 0 Å². The van der Waals surface area contributed by atoms with Crippen molar-refractivity contribution in [3.05, 3.63) is 41.1 Å². The number of nitrogens with zero attached hydrogens (tertiary/aromatic N) is 1. The Morgan fingerprint density at radius 2 is 2.13 bits per heavy atom. The van der Waals surface area contributed by atoms with E-state index in [0.29, 0.717) is 5.92 Å². The molecule has 0 saturated carbocycles. The van der Waals surface area contributed by atoms with Crippen molar-refractivity contribution >= 4 is 12.8 Å². The zero-order valence-electron chi connectivity index (χ0n) is 9.83. The van der Waals surface area contributed by atoms with Gasteiger partial charge in [0, 0.05) is 6.20 Å². The number of hydrogen-bond donors (Lipinski definition) is 0.